The molecule has 0 aliphatic carbocycles. The van der Waals surface area contributed by atoms with Crippen molar-refractivity contribution in [3.63, 3.8) is 0 Å². The molecule has 2 atom stereocenters. The Kier molecular flexibility index (Phi) is 5.64. The van der Waals surface area contributed by atoms with Crippen molar-refractivity contribution >= 4 is 5.91 Å². The summed E-state index contributed by atoms with van der Waals surface area (Å²) < 4.78 is 0. The second kappa shape index (κ2) is 7.25. The molecule has 19 heavy (non-hydrogen) atoms. The van der Waals surface area contributed by atoms with E-state index in [1.54, 1.807) is 0 Å². The Morgan fingerprint density at radius 2 is 2.00 bits per heavy atom. The maximum atomic E-state index is 12.1. The minimum atomic E-state index is -0.301. The Hall–Kier alpha value is -0.610. The van der Waals surface area contributed by atoms with Crippen molar-refractivity contribution in [3.8, 4) is 0 Å². The van der Waals surface area contributed by atoms with Crippen LogP contribution < -0.4 is 0 Å². The van der Waals surface area contributed by atoms with Gasteiger partial charge in [-0.25, -0.2) is 0 Å². The highest BCUT2D eigenvalue weighted by Gasteiger charge is 2.22. The van der Waals surface area contributed by atoms with Crippen LogP contribution in [-0.4, -0.2) is 60.1 Å². The fourth-order valence-electron chi connectivity index (χ4n) is 3.39. The van der Waals surface area contributed by atoms with Gasteiger partial charge in [-0.1, -0.05) is 0 Å². The highest BCUT2D eigenvalue weighted by molar-refractivity contribution is 5.76. The van der Waals surface area contributed by atoms with Gasteiger partial charge in [-0.15, -0.1) is 0 Å². The number of β-amino-alcohol motifs (C(OH)–C–C–N with tert-alkyl or cyclic N) is 1. The molecule has 0 saturated carbocycles. The summed E-state index contributed by atoms with van der Waals surface area (Å²) >= 11 is 0. The number of piperidine rings is 2. The topological polar surface area (TPSA) is 43.8 Å². The Bertz CT molecular complexity index is 296. The predicted octanol–water partition coefficient (Wildman–Crippen LogP) is 1.48. The van der Waals surface area contributed by atoms with Crippen LogP contribution in [0.2, 0.25) is 0 Å². The number of rotatable bonds is 4. The lowest BCUT2D eigenvalue weighted by Crippen LogP contribution is -2.42. The number of likely N-dealkylation sites (tertiary alicyclic amines) is 2. The molecule has 2 unspecified atom stereocenters. The van der Waals surface area contributed by atoms with Gasteiger partial charge in [0.25, 0.3) is 0 Å². The third-order valence-corrected chi connectivity index (χ3v) is 4.47. The summed E-state index contributed by atoms with van der Waals surface area (Å²) in [4.78, 5) is 16.3. The van der Waals surface area contributed by atoms with E-state index < -0.39 is 0 Å². The van der Waals surface area contributed by atoms with Gasteiger partial charge in [-0.3, -0.25) is 4.79 Å². The molecule has 1 amide bonds. The summed E-state index contributed by atoms with van der Waals surface area (Å²) in [5.74, 6) is 1.02. The van der Waals surface area contributed by atoms with Gasteiger partial charge in [0.1, 0.15) is 0 Å². The molecule has 0 aromatic heterocycles. The van der Waals surface area contributed by atoms with E-state index in [-0.39, 0.29) is 12.0 Å². The SMILES string of the molecule is CN1CCCC(CCCC(=O)N2CCCC(O)C2)C1. The van der Waals surface area contributed by atoms with E-state index >= 15 is 0 Å². The zero-order valence-electron chi connectivity index (χ0n) is 12.2. The van der Waals surface area contributed by atoms with Crippen molar-refractivity contribution < 1.29 is 9.90 Å². The number of amides is 1. The van der Waals surface area contributed by atoms with E-state index in [4.69, 9.17) is 0 Å². The average Bonchev–Trinajstić information content (AvgIpc) is 2.38. The third-order valence-electron chi connectivity index (χ3n) is 4.47. The average molecular weight is 268 g/mol. The van der Waals surface area contributed by atoms with Crippen LogP contribution in [0.25, 0.3) is 0 Å². The number of nitrogens with zero attached hydrogens (tertiary/aromatic N) is 2. The highest BCUT2D eigenvalue weighted by Crippen LogP contribution is 2.21. The van der Waals surface area contributed by atoms with Crippen LogP contribution in [0.5, 0.6) is 0 Å². The molecule has 110 valence electrons. The van der Waals surface area contributed by atoms with Crippen molar-refractivity contribution in [3.05, 3.63) is 0 Å². The number of carbonyl (C=O) groups is 1. The van der Waals surface area contributed by atoms with Crippen molar-refractivity contribution in [2.24, 2.45) is 5.92 Å². The summed E-state index contributed by atoms with van der Waals surface area (Å²) in [7, 11) is 2.19. The number of hydrogen-bond donors (Lipinski definition) is 1. The van der Waals surface area contributed by atoms with Crippen LogP contribution in [0, 0.1) is 5.92 Å². The maximum absolute atomic E-state index is 12.1. The van der Waals surface area contributed by atoms with Gasteiger partial charge < -0.3 is 14.9 Å². The van der Waals surface area contributed by atoms with E-state index in [1.165, 1.54) is 32.4 Å². The molecule has 0 bridgehead atoms. The predicted molar refractivity (Wildman–Crippen MR) is 75.9 cm³/mol. The largest absolute Gasteiger partial charge is 0.391 e. The van der Waals surface area contributed by atoms with E-state index in [0.717, 1.165) is 31.7 Å². The minimum Gasteiger partial charge on any atom is -0.391 e. The van der Waals surface area contributed by atoms with E-state index in [9.17, 15) is 9.90 Å². The van der Waals surface area contributed by atoms with Crippen molar-refractivity contribution in [2.75, 3.05) is 33.2 Å². The second-order valence-corrected chi connectivity index (χ2v) is 6.30. The lowest BCUT2D eigenvalue weighted by atomic mass is 9.93. The number of carbonyl (C=O) groups excluding carboxylic acids is 1. The Morgan fingerprint density at radius 1 is 1.21 bits per heavy atom. The lowest BCUT2D eigenvalue weighted by molar-refractivity contribution is -0.134. The van der Waals surface area contributed by atoms with E-state index in [0.29, 0.717) is 13.0 Å². The molecule has 2 aliphatic heterocycles. The summed E-state index contributed by atoms with van der Waals surface area (Å²) in [5.41, 5.74) is 0. The first kappa shape index (κ1) is 14.8. The fourth-order valence-corrected chi connectivity index (χ4v) is 3.39. The van der Waals surface area contributed by atoms with Gasteiger partial charge in [0, 0.05) is 26.1 Å². The smallest absolute Gasteiger partial charge is 0.222 e. The van der Waals surface area contributed by atoms with Gasteiger partial charge in [-0.2, -0.15) is 0 Å². The molecule has 0 aromatic carbocycles. The van der Waals surface area contributed by atoms with Crippen molar-refractivity contribution in [1.29, 1.82) is 0 Å². The van der Waals surface area contributed by atoms with Crippen LogP contribution in [0.3, 0.4) is 0 Å². The van der Waals surface area contributed by atoms with Gasteiger partial charge in [0.2, 0.25) is 5.91 Å². The van der Waals surface area contributed by atoms with Crippen LogP contribution in [0.15, 0.2) is 0 Å². The first-order chi connectivity index (χ1) is 9.15. The summed E-state index contributed by atoms with van der Waals surface area (Å²) in [6.07, 6.45) is 6.95. The van der Waals surface area contributed by atoms with Crippen molar-refractivity contribution in [2.45, 2.75) is 51.0 Å². The Labute approximate surface area is 116 Å². The van der Waals surface area contributed by atoms with Gasteiger partial charge >= 0.3 is 0 Å². The monoisotopic (exact) mass is 268 g/mol. The molecule has 2 saturated heterocycles. The molecule has 2 aliphatic rings. The molecule has 2 rings (SSSR count). The molecule has 2 fully saturated rings. The van der Waals surface area contributed by atoms with E-state index in [1.807, 2.05) is 4.90 Å². The third kappa shape index (κ3) is 4.77. The molecule has 0 radical (unpaired) electrons. The summed E-state index contributed by atoms with van der Waals surface area (Å²) in [6.45, 7) is 3.80. The summed E-state index contributed by atoms with van der Waals surface area (Å²) in [6, 6.07) is 0. The molecule has 0 spiro atoms. The Balaban J connectivity index is 1.63. The van der Waals surface area contributed by atoms with Crippen LogP contribution in [-0.2, 0) is 4.79 Å². The van der Waals surface area contributed by atoms with Crippen LogP contribution in [0.4, 0.5) is 0 Å². The van der Waals surface area contributed by atoms with E-state index in [2.05, 4.69) is 11.9 Å². The first-order valence-electron chi connectivity index (χ1n) is 7.79. The van der Waals surface area contributed by atoms with Gasteiger partial charge in [0.15, 0.2) is 0 Å². The van der Waals surface area contributed by atoms with Crippen molar-refractivity contribution in [1.82, 2.24) is 9.80 Å². The zero-order chi connectivity index (χ0) is 13.7. The molecule has 1 N–H and O–H groups in total. The van der Waals surface area contributed by atoms with Gasteiger partial charge in [-0.05, 0) is 58.0 Å². The molecular weight excluding hydrogens is 240 g/mol. The molecular formula is C15H28N2O2. The molecule has 4 heteroatoms. The highest BCUT2D eigenvalue weighted by atomic mass is 16.3. The normalized spacial score (nSPS) is 29.5. The lowest BCUT2D eigenvalue weighted by Gasteiger charge is -2.31. The number of aliphatic hydroxyl groups is 1. The van der Waals surface area contributed by atoms with Crippen LogP contribution >= 0.6 is 0 Å². The molecule has 4 nitrogen and oxygen atoms in total. The quantitative estimate of drug-likeness (QED) is 0.840. The minimum absolute atomic E-state index is 0.239. The van der Waals surface area contributed by atoms with Crippen LogP contribution in [0.1, 0.15) is 44.9 Å². The maximum Gasteiger partial charge on any atom is 0.222 e. The Morgan fingerprint density at radius 3 is 2.74 bits per heavy atom. The first-order valence-corrected chi connectivity index (χ1v) is 7.79. The van der Waals surface area contributed by atoms with Gasteiger partial charge in [0.05, 0.1) is 6.10 Å². The molecule has 0 aromatic rings. The number of hydrogen-bond acceptors (Lipinski definition) is 3. The molecule has 2 heterocycles. The standard InChI is InChI=1S/C15H28N2O2/c1-16-9-3-6-13(11-16)5-2-8-15(19)17-10-4-7-14(18)12-17/h13-14,18H,2-12H2,1H3. The zero-order valence-corrected chi connectivity index (χ0v) is 12.2. The number of aliphatic hydroxyl groups excluding tert-OH is 1. The second-order valence-electron chi connectivity index (χ2n) is 6.30. The fraction of sp³-hybridized carbons (Fsp3) is 0.933. The summed E-state index contributed by atoms with van der Waals surface area (Å²) in [5, 5.41) is 9.59.